The third kappa shape index (κ3) is 2.03. The minimum absolute atomic E-state index is 0.747. The van der Waals surface area contributed by atoms with Crippen LogP contribution >= 0.6 is 11.3 Å². The van der Waals surface area contributed by atoms with Crippen molar-refractivity contribution in [1.82, 2.24) is 15.1 Å². The van der Waals surface area contributed by atoms with E-state index in [-0.39, 0.29) is 0 Å². The van der Waals surface area contributed by atoms with Gasteiger partial charge in [-0.2, -0.15) is 5.10 Å². The van der Waals surface area contributed by atoms with Crippen LogP contribution in [0, 0.1) is 0 Å². The molecule has 0 aromatic carbocycles. The maximum atomic E-state index is 4.54. The van der Waals surface area contributed by atoms with Gasteiger partial charge in [0, 0.05) is 31.4 Å². The Labute approximate surface area is 99.1 Å². The lowest BCUT2D eigenvalue weighted by molar-refractivity contribution is 0.687. The highest BCUT2D eigenvalue weighted by Gasteiger charge is 2.21. The van der Waals surface area contributed by atoms with E-state index < -0.39 is 0 Å². The Morgan fingerprint density at radius 3 is 3.12 bits per heavy atom. The molecule has 1 saturated carbocycles. The molecule has 0 spiro atoms. The molecule has 1 aliphatic carbocycles. The topological polar surface area (TPSA) is 29.9 Å². The highest BCUT2D eigenvalue weighted by molar-refractivity contribution is 7.13. The zero-order valence-electron chi connectivity index (χ0n) is 9.31. The summed E-state index contributed by atoms with van der Waals surface area (Å²) in [7, 11) is 1.98. The Morgan fingerprint density at radius 2 is 2.44 bits per heavy atom. The zero-order valence-corrected chi connectivity index (χ0v) is 10.1. The van der Waals surface area contributed by atoms with Gasteiger partial charge in [0.1, 0.15) is 5.69 Å². The number of aromatic nitrogens is 2. The van der Waals surface area contributed by atoms with Gasteiger partial charge in [-0.1, -0.05) is 6.07 Å². The Bertz CT molecular complexity index is 468. The first-order valence-corrected chi connectivity index (χ1v) is 6.50. The fourth-order valence-electron chi connectivity index (χ4n) is 1.83. The van der Waals surface area contributed by atoms with E-state index in [0.717, 1.165) is 18.3 Å². The quantitative estimate of drug-likeness (QED) is 0.879. The van der Waals surface area contributed by atoms with Gasteiger partial charge in [-0.25, -0.2) is 0 Å². The third-order valence-electron chi connectivity index (χ3n) is 2.82. The molecule has 1 N–H and O–H groups in total. The number of hydrogen-bond donors (Lipinski definition) is 1. The molecule has 0 amide bonds. The van der Waals surface area contributed by atoms with Gasteiger partial charge in [0.15, 0.2) is 0 Å². The van der Waals surface area contributed by atoms with Crippen molar-refractivity contribution in [3.63, 3.8) is 0 Å². The van der Waals surface area contributed by atoms with E-state index in [1.807, 2.05) is 11.7 Å². The van der Waals surface area contributed by atoms with Crippen molar-refractivity contribution < 1.29 is 0 Å². The van der Waals surface area contributed by atoms with E-state index in [9.17, 15) is 0 Å². The molecule has 4 heteroatoms. The molecular formula is C12H15N3S. The molecule has 0 atom stereocenters. The standard InChI is InChI=1S/C12H15N3S/c1-15-8-9(7-13-10-4-5-10)12(14-15)11-3-2-6-16-11/h2-3,6,8,10,13H,4-5,7H2,1H3. The molecule has 3 nitrogen and oxygen atoms in total. The lowest BCUT2D eigenvalue weighted by Gasteiger charge is -2.01. The van der Waals surface area contributed by atoms with Gasteiger partial charge >= 0.3 is 0 Å². The summed E-state index contributed by atoms with van der Waals surface area (Å²) in [5, 5.41) is 10.2. The average molecular weight is 233 g/mol. The van der Waals surface area contributed by atoms with E-state index in [1.165, 1.54) is 23.3 Å². The van der Waals surface area contributed by atoms with Crippen molar-refractivity contribution in [2.45, 2.75) is 25.4 Å². The van der Waals surface area contributed by atoms with Crippen LogP contribution in [0.15, 0.2) is 23.7 Å². The molecule has 3 rings (SSSR count). The van der Waals surface area contributed by atoms with Crippen LogP contribution in [0.5, 0.6) is 0 Å². The average Bonchev–Trinajstić information content (AvgIpc) is 2.79. The van der Waals surface area contributed by atoms with Crippen molar-refractivity contribution >= 4 is 11.3 Å². The van der Waals surface area contributed by atoms with E-state index in [4.69, 9.17) is 0 Å². The van der Waals surface area contributed by atoms with Gasteiger partial charge in [0.25, 0.3) is 0 Å². The summed E-state index contributed by atoms with van der Waals surface area (Å²) in [4.78, 5) is 1.26. The molecule has 0 radical (unpaired) electrons. The molecule has 1 fully saturated rings. The molecule has 1 aliphatic rings. The first-order chi connectivity index (χ1) is 7.83. The third-order valence-corrected chi connectivity index (χ3v) is 3.69. The maximum absolute atomic E-state index is 4.54. The van der Waals surface area contributed by atoms with Crippen molar-refractivity contribution in [2.75, 3.05) is 0 Å². The normalized spacial score (nSPS) is 15.6. The van der Waals surface area contributed by atoms with Gasteiger partial charge in [-0.05, 0) is 24.3 Å². The molecule has 2 heterocycles. The van der Waals surface area contributed by atoms with Crippen LogP contribution in [0.1, 0.15) is 18.4 Å². The summed E-state index contributed by atoms with van der Waals surface area (Å²) in [5.74, 6) is 0. The summed E-state index contributed by atoms with van der Waals surface area (Å²) in [5.41, 5.74) is 2.43. The van der Waals surface area contributed by atoms with Crippen LogP contribution in [0.2, 0.25) is 0 Å². The second kappa shape index (κ2) is 4.03. The monoisotopic (exact) mass is 233 g/mol. The summed E-state index contributed by atoms with van der Waals surface area (Å²) in [6.07, 6.45) is 4.77. The van der Waals surface area contributed by atoms with Crippen LogP contribution in [0.4, 0.5) is 0 Å². The predicted molar refractivity (Wildman–Crippen MR) is 66.4 cm³/mol. The van der Waals surface area contributed by atoms with E-state index in [2.05, 4.69) is 34.1 Å². The molecule has 16 heavy (non-hydrogen) atoms. The number of thiophene rings is 1. The molecular weight excluding hydrogens is 218 g/mol. The van der Waals surface area contributed by atoms with Crippen LogP contribution in [0.25, 0.3) is 10.6 Å². The van der Waals surface area contributed by atoms with Crippen LogP contribution in [-0.4, -0.2) is 15.8 Å². The van der Waals surface area contributed by atoms with Gasteiger partial charge in [-0.15, -0.1) is 11.3 Å². The van der Waals surface area contributed by atoms with E-state index in [1.54, 1.807) is 11.3 Å². The number of aryl methyl sites for hydroxylation is 1. The number of nitrogens with one attached hydrogen (secondary N) is 1. The van der Waals surface area contributed by atoms with Gasteiger partial charge in [0.2, 0.25) is 0 Å². The Hall–Kier alpha value is -1.13. The van der Waals surface area contributed by atoms with Crippen molar-refractivity contribution in [1.29, 1.82) is 0 Å². The van der Waals surface area contributed by atoms with E-state index >= 15 is 0 Å². The Kier molecular flexibility index (Phi) is 2.53. The largest absolute Gasteiger partial charge is 0.310 e. The number of rotatable bonds is 4. The molecule has 2 aromatic rings. The molecule has 0 aliphatic heterocycles. The molecule has 0 unspecified atom stereocenters. The van der Waals surface area contributed by atoms with Gasteiger partial charge in [0.05, 0.1) is 4.88 Å². The molecule has 0 saturated heterocycles. The zero-order chi connectivity index (χ0) is 11.0. The lowest BCUT2D eigenvalue weighted by Crippen LogP contribution is -2.15. The SMILES string of the molecule is Cn1cc(CNC2CC2)c(-c2cccs2)n1. The molecule has 84 valence electrons. The van der Waals surface area contributed by atoms with Crippen molar-refractivity contribution in [2.24, 2.45) is 7.05 Å². The minimum atomic E-state index is 0.747. The summed E-state index contributed by atoms with van der Waals surface area (Å²) >= 11 is 1.75. The fourth-order valence-corrected chi connectivity index (χ4v) is 2.57. The van der Waals surface area contributed by atoms with Crippen molar-refractivity contribution in [3.05, 3.63) is 29.3 Å². The summed E-state index contributed by atoms with van der Waals surface area (Å²) in [6, 6.07) is 4.96. The smallest absolute Gasteiger partial charge is 0.107 e. The van der Waals surface area contributed by atoms with Crippen LogP contribution in [0.3, 0.4) is 0 Å². The van der Waals surface area contributed by atoms with Gasteiger partial charge < -0.3 is 5.32 Å². The predicted octanol–water partition coefficient (Wildman–Crippen LogP) is 2.40. The lowest BCUT2D eigenvalue weighted by atomic mass is 10.2. The molecule has 2 aromatic heterocycles. The van der Waals surface area contributed by atoms with Crippen LogP contribution in [-0.2, 0) is 13.6 Å². The first kappa shape index (κ1) is 10.1. The van der Waals surface area contributed by atoms with Gasteiger partial charge in [-0.3, -0.25) is 4.68 Å². The first-order valence-electron chi connectivity index (χ1n) is 5.63. The second-order valence-corrected chi connectivity index (χ2v) is 5.26. The number of nitrogens with zero attached hydrogens (tertiary/aromatic N) is 2. The minimum Gasteiger partial charge on any atom is -0.310 e. The number of hydrogen-bond acceptors (Lipinski definition) is 3. The summed E-state index contributed by atoms with van der Waals surface area (Å²) < 4.78 is 1.90. The summed E-state index contributed by atoms with van der Waals surface area (Å²) in [6.45, 7) is 0.936. The highest BCUT2D eigenvalue weighted by atomic mass is 32.1. The van der Waals surface area contributed by atoms with Crippen molar-refractivity contribution in [3.8, 4) is 10.6 Å². The Balaban J connectivity index is 1.84. The second-order valence-electron chi connectivity index (χ2n) is 4.31. The van der Waals surface area contributed by atoms with Crippen LogP contribution < -0.4 is 5.32 Å². The van der Waals surface area contributed by atoms with E-state index in [0.29, 0.717) is 0 Å². The molecule has 0 bridgehead atoms. The highest BCUT2D eigenvalue weighted by Crippen LogP contribution is 2.27. The Morgan fingerprint density at radius 1 is 1.56 bits per heavy atom. The maximum Gasteiger partial charge on any atom is 0.107 e. The fraction of sp³-hybridized carbons (Fsp3) is 0.417.